The molecule has 0 saturated carbocycles. The number of benzene rings is 6. The Balaban J connectivity index is 1.42. The highest BCUT2D eigenvalue weighted by Gasteiger charge is 2.38. The van der Waals surface area contributed by atoms with Crippen LogP contribution < -0.4 is 0 Å². The summed E-state index contributed by atoms with van der Waals surface area (Å²) in [5.41, 5.74) is 10.5. The van der Waals surface area contributed by atoms with E-state index in [4.69, 9.17) is 9.97 Å². The average molecular weight is 538 g/mol. The monoisotopic (exact) mass is 537 g/mol. The van der Waals surface area contributed by atoms with Gasteiger partial charge in [0.05, 0.1) is 22.2 Å². The van der Waals surface area contributed by atoms with Crippen molar-refractivity contribution in [2.45, 2.75) is 19.3 Å². The predicted molar refractivity (Wildman–Crippen MR) is 174 cm³/mol. The van der Waals surface area contributed by atoms with Crippen LogP contribution >= 0.6 is 0 Å². The Labute approximate surface area is 243 Å². The molecule has 0 spiro atoms. The molecular weight excluding hydrogens is 510 g/mol. The highest BCUT2D eigenvalue weighted by molar-refractivity contribution is 6.19. The van der Waals surface area contributed by atoms with Crippen LogP contribution in [0.5, 0.6) is 0 Å². The van der Waals surface area contributed by atoms with Crippen LogP contribution in [0.25, 0.3) is 71.8 Å². The maximum atomic E-state index is 5.27. The summed E-state index contributed by atoms with van der Waals surface area (Å²) in [5.74, 6) is 0.690. The van der Waals surface area contributed by atoms with Crippen LogP contribution in [-0.4, -0.2) is 14.5 Å². The van der Waals surface area contributed by atoms with Crippen molar-refractivity contribution in [1.82, 2.24) is 14.5 Å². The summed E-state index contributed by atoms with van der Waals surface area (Å²) in [6, 6.07) is 45.4. The van der Waals surface area contributed by atoms with E-state index >= 15 is 0 Å². The van der Waals surface area contributed by atoms with Gasteiger partial charge in [0.1, 0.15) is 0 Å². The summed E-state index contributed by atoms with van der Waals surface area (Å²) in [6.07, 6.45) is 0. The van der Waals surface area contributed by atoms with Crippen LogP contribution in [-0.2, 0) is 5.41 Å². The Morgan fingerprint density at radius 3 is 2.14 bits per heavy atom. The van der Waals surface area contributed by atoms with Crippen molar-refractivity contribution in [3.05, 3.63) is 139 Å². The molecule has 0 radical (unpaired) electrons. The van der Waals surface area contributed by atoms with Gasteiger partial charge in [0.25, 0.3) is 0 Å². The second kappa shape index (κ2) is 8.37. The van der Waals surface area contributed by atoms with Gasteiger partial charge in [0, 0.05) is 27.1 Å². The second-order valence-electron chi connectivity index (χ2n) is 11.8. The summed E-state index contributed by atoms with van der Waals surface area (Å²) in [7, 11) is 0. The SMILES string of the molecule is CC1(C)c2ccc3c(c2-c2ccc4ccccc4c21)c1ccccc1n3-c1nc(-c2ccccc2)c2ccccc2n1. The Bertz CT molecular complexity index is 2380. The summed E-state index contributed by atoms with van der Waals surface area (Å²) < 4.78 is 2.26. The van der Waals surface area contributed by atoms with Gasteiger partial charge in [-0.1, -0.05) is 123 Å². The minimum atomic E-state index is -0.122. The van der Waals surface area contributed by atoms with Gasteiger partial charge in [0.15, 0.2) is 0 Å². The van der Waals surface area contributed by atoms with E-state index in [0.717, 1.165) is 33.2 Å². The zero-order valence-corrected chi connectivity index (χ0v) is 23.5. The van der Waals surface area contributed by atoms with Crippen LogP contribution in [0.2, 0.25) is 0 Å². The fourth-order valence-corrected chi connectivity index (χ4v) is 7.34. The molecule has 3 nitrogen and oxygen atoms in total. The lowest BCUT2D eigenvalue weighted by Crippen LogP contribution is -2.15. The second-order valence-corrected chi connectivity index (χ2v) is 11.8. The third-order valence-electron chi connectivity index (χ3n) is 9.17. The maximum absolute atomic E-state index is 5.27. The fourth-order valence-electron chi connectivity index (χ4n) is 7.34. The Morgan fingerprint density at radius 2 is 1.29 bits per heavy atom. The molecule has 1 aliphatic rings. The first-order chi connectivity index (χ1) is 20.6. The van der Waals surface area contributed by atoms with Crippen LogP contribution in [0, 0.1) is 0 Å². The molecule has 2 aromatic heterocycles. The number of aromatic nitrogens is 3. The van der Waals surface area contributed by atoms with Crippen molar-refractivity contribution < 1.29 is 0 Å². The maximum Gasteiger partial charge on any atom is 0.235 e. The predicted octanol–water partition coefficient (Wildman–Crippen LogP) is 9.85. The van der Waals surface area contributed by atoms with Gasteiger partial charge in [-0.3, -0.25) is 4.57 Å². The number of hydrogen-bond donors (Lipinski definition) is 0. The molecule has 0 saturated heterocycles. The minimum absolute atomic E-state index is 0.122. The molecule has 198 valence electrons. The molecule has 0 unspecified atom stereocenters. The quantitative estimate of drug-likeness (QED) is 0.220. The van der Waals surface area contributed by atoms with Crippen LogP contribution in [0.15, 0.2) is 127 Å². The third-order valence-corrected chi connectivity index (χ3v) is 9.17. The number of hydrogen-bond acceptors (Lipinski definition) is 2. The van der Waals surface area contributed by atoms with Crippen LogP contribution in [0.3, 0.4) is 0 Å². The molecule has 3 heteroatoms. The van der Waals surface area contributed by atoms with Gasteiger partial charge in [-0.25, -0.2) is 9.97 Å². The third kappa shape index (κ3) is 3.05. The highest BCUT2D eigenvalue weighted by atomic mass is 15.2. The van der Waals surface area contributed by atoms with E-state index in [9.17, 15) is 0 Å². The van der Waals surface area contributed by atoms with Gasteiger partial charge in [-0.05, 0) is 51.2 Å². The van der Waals surface area contributed by atoms with Gasteiger partial charge in [-0.15, -0.1) is 0 Å². The van der Waals surface area contributed by atoms with Gasteiger partial charge in [0.2, 0.25) is 5.95 Å². The Morgan fingerprint density at radius 1 is 0.571 bits per heavy atom. The molecule has 0 N–H and O–H groups in total. The lowest BCUT2D eigenvalue weighted by Gasteiger charge is -2.23. The lowest BCUT2D eigenvalue weighted by atomic mass is 9.80. The van der Waals surface area contributed by atoms with Crippen molar-refractivity contribution in [3.8, 4) is 28.3 Å². The Hall–Kier alpha value is -5.28. The number of para-hydroxylation sites is 2. The molecule has 1 aliphatic carbocycles. The standard InChI is InChI=1S/C39H27N3/c1-39(2)30-22-23-33-35(34(30)29-21-20-24-12-6-7-15-26(24)36(29)39)28-17-9-11-19-32(28)42(33)38-40-31-18-10-8-16-27(31)37(41-38)25-13-4-3-5-14-25/h3-23H,1-2H3. The summed E-state index contributed by atoms with van der Waals surface area (Å²) >= 11 is 0. The van der Waals surface area contributed by atoms with E-state index in [1.807, 2.05) is 6.07 Å². The highest BCUT2D eigenvalue weighted by Crippen LogP contribution is 2.55. The van der Waals surface area contributed by atoms with Crippen molar-refractivity contribution in [1.29, 1.82) is 0 Å². The van der Waals surface area contributed by atoms with E-state index in [0.29, 0.717) is 5.95 Å². The smallest absolute Gasteiger partial charge is 0.235 e. The molecule has 2 heterocycles. The van der Waals surface area contributed by atoms with E-state index in [1.165, 1.54) is 43.8 Å². The van der Waals surface area contributed by atoms with E-state index in [-0.39, 0.29) is 5.41 Å². The molecule has 0 fully saturated rings. The molecule has 42 heavy (non-hydrogen) atoms. The molecule has 0 amide bonds. The van der Waals surface area contributed by atoms with Gasteiger partial charge < -0.3 is 0 Å². The minimum Gasteiger partial charge on any atom is -0.278 e. The first-order valence-corrected chi connectivity index (χ1v) is 14.5. The summed E-state index contributed by atoms with van der Waals surface area (Å²) in [4.78, 5) is 10.4. The van der Waals surface area contributed by atoms with Crippen LogP contribution in [0.1, 0.15) is 25.0 Å². The molecule has 0 bridgehead atoms. The van der Waals surface area contributed by atoms with Gasteiger partial charge in [-0.2, -0.15) is 0 Å². The summed E-state index contributed by atoms with van der Waals surface area (Å²) in [6.45, 7) is 4.74. The van der Waals surface area contributed by atoms with Crippen molar-refractivity contribution in [3.63, 3.8) is 0 Å². The fraction of sp³-hybridized carbons (Fsp3) is 0.0769. The number of nitrogens with zero attached hydrogens (tertiary/aromatic N) is 3. The zero-order chi connectivity index (χ0) is 28.0. The molecule has 6 aromatic carbocycles. The number of rotatable bonds is 2. The number of fused-ring (bicyclic) bond motifs is 10. The molecule has 0 atom stereocenters. The van der Waals surface area contributed by atoms with Gasteiger partial charge >= 0.3 is 0 Å². The lowest BCUT2D eigenvalue weighted by molar-refractivity contribution is 0.666. The molecule has 8 aromatic rings. The average Bonchev–Trinajstić information content (AvgIpc) is 3.50. The normalized spacial score (nSPS) is 13.7. The molecule has 9 rings (SSSR count). The van der Waals surface area contributed by atoms with Crippen LogP contribution in [0.4, 0.5) is 0 Å². The topological polar surface area (TPSA) is 30.7 Å². The van der Waals surface area contributed by atoms with E-state index in [2.05, 4.69) is 140 Å². The van der Waals surface area contributed by atoms with E-state index in [1.54, 1.807) is 0 Å². The first kappa shape index (κ1) is 23.4. The molecule has 0 aliphatic heterocycles. The van der Waals surface area contributed by atoms with Crippen molar-refractivity contribution >= 4 is 43.5 Å². The van der Waals surface area contributed by atoms with Crippen molar-refractivity contribution in [2.24, 2.45) is 0 Å². The zero-order valence-electron chi connectivity index (χ0n) is 23.5. The summed E-state index contributed by atoms with van der Waals surface area (Å²) in [5, 5.41) is 6.16. The van der Waals surface area contributed by atoms with E-state index < -0.39 is 0 Å². The molecular formula is C39H27N3. The van der Waals surface area contributed by atoms with Crippen molar-refractivity contribution in [2.75, 3.05) is 0 Å². The first-order valence-electron chi connectivity index (χ1n) is 14.5. The Kier molecular flexibility index (Phi) is 4.67. The largest absolute Gasteiger partial charge is 0.278 e.